The molecule has 0 radical (unpaired) electrons. The molecule has 4 nitrogen and oxygen atoms in total. The minimum Gasteiger partial charge on any atom is -0.379 e. The van der Waals surface area contributed by atoms with E-state index >= 15 is 0 Å². The summed E-state index contributed by atoms with van der Waals surface area (Å²) < 4.78 is 5.25. The summed E-state index contributed by atoms with van der Waals surface area (Å²) in [7, 11) is 0. The van der Waals surface area contributed by atoms with Crippen LogP contribution in [0, 0.1) is 18.8 Å². The number of aryl methyl sites for hydroxylation is 1. The molecule has 0 spiro atoms. The van der Waals surface area contributed by atoms with Gasteiger partial charge >= 0.3 is 0 Å². The van der Waals surface area contributed by atoms with Crippen LogP contribution >= 0.6 is 0 Å². The summed E-state index contributed by atoms with van der Waals surface area (Å²) in [6.07, 6.45) is 0.863. The van der Waals surface area contributed by atoms with E-state index in [1.165, 1.54) is 0 Å². The molecule has 1 atom stereocenters. The average Bonchev–Trinajstić information content (AvgIpc) is 2.89. The van der Waals surface area contributed by atoms with Crippen LogP contribution in [-0.2, 0) is 4.74 Å². The molecule has 2 rings (SSSR count). The van der Waals surface area contributed by atoms with Gasteiger partial charge in [-0.05, 0) is 31.0 Å². The van der Waals surface area contributed by atoms with Gasteiger partial charge in [-0.25, -0.2) is 0 Å². The molecule has 19 heavy (non-hydrogen) atoms. The van der Waals surface area contributed by atoms with Gasteiger partial charge in [0, 0.05) is 12.2 Å². The van der Waals surface area contributed by atoms with Gasteiger partial charge in [0.05, 0.1) is 24.8 Å². The Hall–Kier alpha value is -1.83. The van der Waals surface area contributed by atoms with E-state index in [9.17, 15) is 4.79 Å². The van der Waals surface area contributed by atoms with Crippen LogP contribution in [-0.4, -0.2) is 31.7 Å². The second-order valence-corrected chi connectivity index (χ2v) is 4.59. The molecule has 1 aromatic rings. The van der Waals surface area contributed by atoms with Gasteiger partial charge < -0.3 is 15.8 Å². The molecular formula is C15H18N2O2. The Balaban J connectivity index is 2.19. The molecule has 1 aliphatic heterocycles. The van der Waals surface area contributed by atoms with Gasteiger partial charge in [-0.3, -0.25) is 4.79 Å². The Labute approximate surface area is 113 Å². The maximum absolute atomic E-state index is 12.2. The van der Waals surface area contributed by atoms with Crippen LogP contribution in [0.2, 0.25) is 0 Å². The summed E-state index contributed by atoms with van der Waals surface area (Å²) in [5.74, 6) is 5.65. The van der Waals surface area contributed by atoms with Crippen LogP contribution in [0.3, 0.4) is 0 Å². The highest BCUT2D eigenvalue weighted by Gasteiger charge is 2.19. The molecule has 1 fully saturated rings. The molecule has 100 valence electrons. The maximum Gasteiger partial charge on any atom is 0.252 e. The molecule has 1 heterocycles. The van der Waals surface area contributed by atoms with Crippen molar-refractivity contribution in [2.45, 2.75) is 19.4 Å². The van der Waals surface area contributed by atoms with E-state index in [1.54, 1.807) is 6.07 Å². The number of nitrogens with one attached hydrogen (secondary N) is 1. The maximum atomic E-state index is 12.2. The smallest absolute Gasteiger partial charge is 0.252 e. The molecule has 1 aliphatic rings. The molecule has 4 heteroatoms. The van der Waals surface area contributed by atoms with E-state index in [4.69, 9.17) is 10.5 Å². The van der Waals surface area contributed by atoms with Crippen LogP contribution in [0.4, 0.5) is 0 Å². The summed E-state index contributed by atoms with van der Waals surface area (Å²) in [6.45, 7) is 3.55. The number of benzene rings is 1. The number of amides is 1. The lowest BCUT2D eigenvalue weighted by Crippen LogP contribution is -2.35. The normalized spacial score (nSPS) is 17.7. The van der Waals surface area contributed by atoms with Crippen LogP contribution in [0.25, 0.3) is 0 Å². The van der Waals surface area contributed by atoms with E-state index in [1.807, 2.05) is 19.1 Å². The van der Waals surface area contributed by atoms with Crippen molar-refractivity contribution in [2.75, 3.05) is 19.8 Å². The predicted octanol–water partition coefficient (Wildman–Crippen LogP) is 0.824. The van der Waals surface area contributed by atoms with Gasteiger partial charge in [-0.1, -0.05) is 17.9 Å². The zero-order valence-corrected chi connectivity index (χ0v) is 11.0. The molecule has 0 aliphatic carbocycles. The molecule has 1 aromatic carbocycles. The van der Waals surface area contributed by atoms with Crippen molar-refractivity contribution in [1.29, 1.82) is 0 Å². The molecule has 0 aromatic heterocycles. The zero-order chi connectivity index (χ0) is 13.7. The monoisotopic (exact) mass is 258 g/mol. The topological polar surface area (TPSA) is 64.3 Å². The first-order chi connectivity index (χ1) is 9.20. The zero-order valence-electron chi connectivity index (χ0n) is 11.0. The van der Waals surface area contributed by atoms with Crippen molar-refractivity contribution in [3.05, 3.63) is 34.9 Å². The highest BCUT2D eigenvalue weighted by Crippen LogP contribution is 2.12. The number of nitrogens with two attached hydrogens (primary N) is 1. The standard InChI is InChI=1S/C15H18N2O2/c1-11-4-5-14(12(9-11)3-2-7-16)15(18)17-13-6-8-19-10-13/h4-5,9,13H,6-8,10,16H2,1H3,(H,17,18). The quantitative estimate of drug-likeness (QED) is 0.772. The largest absolute Gasteiger partial charge is 0.379 e. The number of ether oxygens (including phenoxy) is 1. The summed E-state index contributed by atoms with van der Waals surface area (Å²) in [6, 6.07) is 5.72. The predicted molar refractivity (Wildman–Crippen MR) is 73.8 cm³/mol. The lowest BCUT2D eigenvalue weighted by atomic mass is 10.0. The Kier molecular flexibility index (Phi) is 4.56. The lowest BCUT2D eigenvalue weighted by molar-refractivity contribution is 0.0929. The minimum absolute atomic E-state index is 0.100. The molecule has 1 saturated heterocycles. The summed E-state index contributed by atoms with van der Waals surface area (Å²) in [5.41, 5.74) is 7.77. The van der Waals surface area contributed by atoms with Gasteiger partial charge in [0.25, 0.3) is 5.91 Å². The van der Waals surface area contributed by atoms with E-state index in [2.05, 4.69) is 17.2 Å². The Morgan fingerprint density at radius 1 is 1.58 bits per heavy atom. The summed E-state index contributed by atoms with van der Waals surface area (Å²) >= 11 is 0. The van der Waals surface area contributed by atoms with Gasteiger partial charge in [0.1, 0.15) is 0 Å². The lowest BCUT2D eigenvalue weighted by Gasteiger charge is -2.12. The van der Waals surface area contributed by atoms with Crippen molar-refractivity contribution >= 4 is 5.91 Å². The molecular weight excluding hydrogens is 240 g/mol. The van der Waals surface area contributed by atoms with Crippen molar-refractivity contribution in [1.82, 2.24) is 5.32 Å². The van der Waals surface area contributed by atoms with Crippen LogP contribution in [0.15, 0.2) is 18.2 Å². The fourth-order valence-electron chi connectivity index (χ4n) is 2.02. The van der Waals surface area contributed by atoms with Crippen molar-refractivity contribution in [2.24, 2.45) is 5.73 Å². The van der Waals surface area contributed by atoms with Crippen molar-refractivity contribution < 1.29 is 9.53 Å². The first-order valence-corrected chi connectivity index (χ1v) is 6.39. The average molecular weight is 258 g/mol. The SMILES string of the molecule is Cc1ccc(C(=O)NC2CCOC2)c(C#CCN)c1. The summed E-state index contributed by atoms with van der Waals surface area (Å²) in [4.78, 5) is 12.2. The first kappa shape index (κ1) is 13.6. The molecule has 3 N–H and O–H groups in total. The van der Waals surface area contributed by atoms with Crippen LogP contribution in [0.5, 0.6) is 0 Å². The van der Waals surface area contributed by atoms with E-state index < -0.39 is 0 Å². The Morgan fingerprint density at radius 3 is 3.11 bits per heavy atom. The van der Waals surface area contributed by atoms with Crippen LogP contribution < -0.4 is 11.1 Å². The van der Waals surface area contributed by atoms with Gasteiger partial charge in [-0.15, -0.1) is 0 Å². The van der Waals surface area contributed by atoms with E-state index in [-0.39, 0.29) is 18.5 Å². The third kappa shape index (κ3) is 3.57. The number of carbonyl (C=O) groups is 1. The second kappa shape index (κ2) is 6.37. The molecule has 1 unspecified atom stereocenters. The minimum atomic E-state index is -0.100. The van der Waals surface area contributed by atoms with Gasteiger partial charge in [0.15, 0.2) is 0 Å². The Bertz CT molecular complexity index is 523. The molecule has 1 amide bonds. The van der Waals surface area contributed by atoms with Crippen molar-refractivity contribution in [3.8, 4) is 11.8 Å². The first-order valence-electron chi connectivity index (χ1n) is 6.39. The fraction of sp³-hybridized carbons (Fsp3) is 0.400. The van der Waals surface area contributed by atoms with Gasteiger partial charge in [-0.2, -0.15) is 0 Å². The van der Waals surface area contributed by atoms with Crippen molar-refractivity contribution in [3.63, 3.8) is 0 Å². The third-order valence-electron chi connectivity index (χ3n) is 3.01. The number of carbonyl (C=O) groups excluding carboxylic acids is 1. The van der Waals surface area contributed by atoms with E-state index in [0.29, 0.717) is 18.8 Å². The Morgan fingerprint density at radius 2 is 2.42 bits per heavy atom. The highest BCUT2D eigenvalue weighted by molar-refractivity contribution is 5.97. The summed E-state index contributed by atoms with van der Waals surface area (Å²) in [5, 5.41) is 2.97. The molecule has 0 saturated carbocycles. The fourth-order valence-corrected chi connectivity index (χ4v) is 2.02. The number of rotatable bonds is 2. The number of hydrogen-bond donors (Lipinski definition) is 2. The third-order valence-corrected chi connectivity index (χ3v) is 3.01. The van der Waals surface area contributed by atoms with Gasteiger partial charge in [0.2, 0.25) is 0 Å². The van der Waals surface area contributed by atoms with E-state index in [0.717, 1.165) is 17.5 Å². The van der Waals surface area contributed by atoms with Crippen LogP contribution in [0.1, 0.15) is 27.9 Å². The highest BCUT2D eigenvalue weighted by atomic mass is 16.5. The second-order valence-electron chi connectivity index (χ2n) is 4.59. The molecule has 0 bridgehead atoms. The number of hydrogen-bond acceptors (Lipinski definition) is 3.